The van der Waals surface area contributed by atoms with Crippen LogP contribution in [-0.2, 0) is 56.0 Å². The molecule has 0 aliphatic carbocycles. The van der Waals surface area contributed by atoms with Crippen LogP contribution < -0.4 is 4.90 Å². The maximum atomic E-state index is 14.3. The summed E-state index contributed by atoms with van der Waals surface area (Å²) in [5.74, 6) is -0.00295. The number of aromatic nitrogens is 3. The van der Waals surface area contributed by atoms with E-state index >= 15 is 0 Å². The van der Waals surface area contributed by atoms with E-state index in [0.29, 0.717) is 49.5 Å². The Morgan fingerprint density at radius 1 is 1.00 bits per heavy atom. The minimum atomic E-state index is -4.64. The lowest BCUT2D eigenvalue weighted by atomic mass is 9.75. The molecule has 0 N–H and O–H groups in total. The zero-order valence-corrected chi connectivity index (χ0v) is 22.8. The highest BCUT2D eigenvalue weighted by atomic mass is 19.4. The summed E-state index contributed by atoms with van der Waals surface area (Å²) in [5, 5.41) is 8.17. The molecular formula is C31H27F4N5O2. The average molecular weight is 578 g/mol. The van der Waals surface area contributed by atoms with E-state index in [1.54, 1.807) is 24.5 Å². The first-order valence-corrected chi connectivity index (χ1v) is 13.7. The second-order valence-electron chi connectivity index (χ2n) is 11.4. The molecule has 1 saturated heterocycles. The highest BCUT2D eigenvalue weighted by Crippen LogP contribution is 2.42. The number of halogens is 4. The SMILES string of the molecule is Cn1cnnc1CC1(c2cccc(N3Cc4c(cc(CN5Cc6cccc(F)c6C5)cc4C(F)(F)F)C3=O)c2)COC1. The van der Waals surface area contributed by atoms with Gasteiger partial charge in [0, 0.05) is 55.3 Å². The summed E-state index contributed by atoms with van der Waals surface area (Å²) < 4.78 is 64.7. The molecule has 7 rings (SSSR count). The van der Waals surface area contributed by atoms with Crippen molar-refractivity contribution in [3.63, 3.8) is 0 Å². The summed E-state index contributed by atoms with van der Waals surface area (Å²) in [7, 11) is 1.87. The Balaban J connectivity index is 1.18. The number of carbonyl (C=O) groups excluding carboxylic acids is 1. The highest BCUT2D eigenvalue weighted by molar-refractivity contribution is 6.10. The van der Waals surface area contributed by atoms with Gasteiger partial charge in [0.2, 0.25) is 0 Å². The van der Waals surface area contributed by atoms with Crippen LogP contribution in [0, 0.1) is 5.82 Å². The van der Waals surface area contributed by atoms with Crippen LogP contribution in [0.2, 0.25) is 0 Å². The lowest BCUT2D eigenvalue weighted by molar-refractivity contribution is -0.138. The largest absolute Gasteiger partial charge is 0.416 e. The van der Waals surface area contributed by atoms with E-state index in [2.05, 4.69) is 10.2 Å². The first-order chi connectivity index (χ1) is 20.1. The number of nitrogens with zero attached hydrogens (tertiary/aromatic N) is 5. The Bertz CT molecular complexity index is 1710. The predicted octanol–water partition coefficient (Wildman–Crippen LogP) is 5.16. The number of ether oxygens (including phenoxy) is 1. The molecular weight excluding hydrogens is 550 g/mol. The topological polar surface area (TPSA) is 63.5 Å². The van der Waals surface area contributed by atoms with E-state index in [4.69, 9.17) is 4.74 Å². The Morgan fingerprint density at radius 3 is 2.50 bits per heavy atom. The van der Waals surface area contributed by atoms with E-state index in [0.717, 1.165) is 23.0 Å². The van der Waals surface area contributed by atoms with Gasteiger partial charge < -0.3 is 14.2 Å². The van der Waals surface area contributed by atoms with Gasteiger partial charge in [0.25, 0.3) is 5.91 Å². The van der Waals surface area contributed by atoms with Crippen molar-refractivity contribution in [2.45, 2.75) is 44.2 Å². The van der Waals surface area contributed by atoms with Crippen LogP contribution >= 0.6 is 0 Å². The van der Waals surface area contributed by atoms with E-state index in [1.807, 2.05) is 40.8 Å². The van der Waals surface area contributed by atoms with Crippen LogP contribution in [0.3, 0.4) is 0 Å². The molecule has 4 aromatic rings. The fourth-order valence-electron chi connectivity index (χ4n) is 6.33. The van der Waals surface area contributed by atoms with Gasteiger partial charge in [0.05, 0.1) is 25.3 Å². The summed E-state index contributed by atoms with van der Waals surface area (Å²) in [6.45, 7) is 1.63. The van der Waals surface area contributed by atoms with Gasteiger partial charge in [-0.15, -0.1) is 10.2 Å². The van der Waals surface area contributed by atoms with Crippen molar-refractivity contribution in [2.24, 2.45) is 7.05 Å². The van der Waals surface area contributed by atoms with Crippen molar-refractivity contribution in [1.29, 1.82) is 0 Å². The average Bonchev–Trinajstić information content (AvgIpc) is 3.63. The van der Waals surface area contributed by atoms with Crippen molar-refractivity contribution >= 4 is 11.6 Å². The maximum Gasteiger partial charge on any atom is 0.416 e. The van der Waals surface area contributed by atoms with Crippen molar-refractivity contribution in [2.75, 3.05) is 18.1 Å². The van der Waals surface area contributed by atoms with Crippen molar-refractivity contribution in [1.82, 2.24) is 19.7 Å². The Morgan fingerprint density at radius 2 is 1.81 bits per heavy atom. The Kier molecular flexibility index (Phi) is 6.21. The number of aryl methyl sites for hydroxylation is 1. The normalized spacial score (nSPS) is 17.8. The number of hydrogen-bond donors (Lipinski definition) is 0. The molecule has 7 nitrogen and oxygen atoms in total. The third-order valence-electron chi connectivity index (χ3n) is 8.63. The zero-order chi connectivity index (χ0) is 29.2. The molecule has 1 fully saturated rings. The second kappa shape index (κ2) is 9.74. The van der Waals surface area contributed by atoms with Gasteiger partial charge in [-0.25, -0.2) is 4.39 Å². The molecule has 42 heavy (non-hydrogen) atoms. The van der Waals surface area contributed by atoms with Crippen molar-refractivity contribution in [3.05, 3.63) is 112 Å². The van der Waals surface area contributed by atoms with Gasteiger partial charge in [-0.2, -0.15) is 13.2 Å². The molecule has 3 aliphatic rings. The van der Waals surface area contributed by atoms with E-state index in [-0.39, 0.29) is 35.4 Å². The number of anilines is 1. The fourth-order valence-corrected chi connectivity index (χ4v) is 6.33. The fraction of sp³-hybridized carbons (Fsp3) is 0.323. The van der Waals surface area contributed by atoms with Crippen LogP contribution in [0.4, 0.5) is 23.2 Å². The van der Waals surface area contributed by atoms with Crippen LogP contribution in [0.1, 0.15) is 49.6 Å². The molecule has 1 amide bonds. The highest BCUT2D eigenvalue weighted by Gasteiger charge is 2.43. The van der Waals surface area contributed by atoms with Gasteiger partial charge in [0.15, 0.2) is 0 Å². The molecule has 0 unspecified atom stereocenters. The van der Waals surface area contributed by atoms with E-state index in [1.165, 1.54) is 11.0 Å². The molecule has 0 atom stereocenters. The quantitative estimate of drug-likeness (QED) is 0.297. The van der Waals surface area contributed by atoms with Gasteiger partial charge in [0.1, 0.15) is 18.0 Å². The second-order valence-corrected chi connectivity index (χ2v) is 11.4. The van der Waals surface area contributed by atoms with Crippen LogP contribution in [0.25, 0.3) is 0 Å². The maximum absolute atomic E-state index is 14.3. The first kappa shape index (κ1) is 26.8. The summed E-state index contributed by atoms with van der Waals surface area (Å²) in [6, 6.07) is 14.9. The number of hydrogen-bond acceptors (Lipinski definition) is 5. The molecule has 216 valence electrons. The van der Waals surface area contributed by atoms with Crippen molar-refractivity contribution < 1.29 is 27.1 Å². The minimum absolute atomic E-state index is 0.0295. The van der Waals surface area contributed by atoms with Crippen molar-refractivity contribution in [3.8, 4) is 0 Å². The Hall–Kier alpha value is -4.09. The third-order valence-corrected chi connectivity index (χ3v) is 8.63. The molecule has 1 aromatic heterocycles. The number of carbonyl (C=O) groups is 1. The number of amides is 1. The molecule has 4 heterocycles. The van der Waals surface area contributed by atoms with Gasteiger partial charge in [-0.3, -0.25) is 9.69 Å². The summed E-state index contributed by atoms with van der Waals surface area (Å²) in [4.78, 5) is 17.0. The molecule has 0 saturated carbocycles. The number of fused-ring (bicyclic) bond motifs is 2. The third kappa shape index (κ3) is 4.47. The lowest BCUT2D eigenvalue weighted by Crippen LogP contribution is -2.49. The van der Waals surface area contributed by atoms with E-state index in [9.17, 15) is 22.4 Å². The van der Waals surface area contributed by atoms with Crippen LogP contribution in [-0.4, -0.2) is 38.8 Å². The minimum Gasteiger partial charge on any atom is -0.379 e. The molecule has 11 heteroatoms. The van der Waals surface area contributed by atoms with Gasteiger partial charge in [-0.05, 0) is 52.6 Å². The zero-order valence-electron chi connectivity index (χ0n) is 22.8. The standard InChI is InChI=1S/C31H27F4N5O2/c1-38-18-36-37-28(38)11-30(16-42-17-30)21-5-3-6-22(10-21)40-15-25-23(29(40)41)8-19(9-26(25)31(33,34)35)12-39-13-20-4-2-7-27(32)24(20)14-39/h2-10,18H,11-17H2,1H3. The summed E-state index contributed by atoms with van der Waals surface area (Å²) in [6.07, 6.45) is -2.43. The predicted molar refractivity (Wildman–Crippen MR) is 145 cm³/mol. The lowest BCUT2D eigenvalue weighted by Gasteiger charge is -2.42. The number of benzene rings is 3. The molecule has 0 radical (unpaired) electrons. The summed E-state index contributed by atoms with van der Waals surface area (Å²) in [5.41, 5.74) is 2.04. The van der Waals surface area contributed by atoms with Gasteiger partial charge >= 0.3 is 6.18 Å². The first-order valence-electron chi connectivity index (χ1n) is 13.7. The smallest absolute Gasteiger partial charge is 0.379 e. The number of rotatable bonds is 6. The summed E-state index contributed by atoms with van der Waals surface area (Å²) >= 11 is 0. The Labute approximate surface area is 239 Å². The monoisotopic (exact) mass is 577 g/mol. The van der Waals surface area contributed by atoms with Crippen LogP contribution in [0.5, 0.6) is 0 Å². The number of alkyl halides is 3. The van der Waals surface area contributed by atoms with Gasteiger partial charge in [-0.1, -0.05) is 24.3 Å². The van der Waals surface area contributed by atoms with E-state index < -0.39 is 17.6 Å². The molecule has 0 spiro atoms. The molecule has 3 aliphatic heterocycles. The molecule has 0 bridgehead atoms. The van der Waals surface area contributed by atoms with Crippen LogP contribution in [0.15, 0.2) is 60.9 Å². The molecule has 3 aromatic carbocycles.